The number of carbonyl (C=O) groups is 2. The number of esters is 2. The minimum atomic E-state index is -0.459. The number of aryl methyl sites for hydroxylation is 1. The zero-order valence-corrected chi connectivity index (χ0v) is 32.6. The van der Waals surface area contributed by atoms with Crippen LogP contribution in [-0.2, 0) is 22.6 Å². The summed E-state index contributed by atoms with van der Waals surface area (Å²) in [7, 11) is 2.70. The highest BCUT2D eigenvalue weighted by Gasteiger charge is 2.19. The molecule has 0 saturated heterocycles. The molecule has 6 aromatic carbocycles. The van der Waals surface area contributed by atoms with E-state index < -0.39 is 10.9 Å². The van der Waals surface area contributed by atoms with E-state index >= 15 is 0 Å². The van der Waals surface area contributed by atoms with Gasteiger partial charge < -0.3 is 28.2 Å². The molecule has 60 heavy (non-hydrogen) atoms. The number of carbonyl (C=O) groups excluding carboxylic acids is 2. The van der Waals surface area contributed by atoms with Gasteiger partial charge in [0, 0.05) is 30.3 Å². The van der Waals surface area contributed by atoms with E-state index in [-0.39, 0.29) is 11.7 Å². The van der Waals surface area contributed by atoms with Crippen molar-refractivity contribution < 1.29 is 32.8 Å². The molecule has 14 heteroatoms. The summed E-state index contributed by atoms with van der Waals surface area (Å²) in [4.78, 5) is 48.4. The normalized spacial score (nSPS) is 11.0. The standard InChI is InChI=1S/C24H19N3O3.C22H17N3O5/c1-15-25-20-13-17(23-26-19-8-3-4-9-22(19)30-23)10-11-21(20)27(15)14-16-6-5-7-18(12-16)24(28)29-2;1-29-22(26)16-6-4-5-14(11-16)13-23-17-10-9-15(12-19(17)25(27)28)21-24-18-7-2-3-8-20(18)30-21/h3-13H,14H2,1-2H3;2-12,23H,13H2,1H3. The van der Waals surface area contributed by atoms with Crippen molar-refractivity contribution in [2.75, 3.05) is 19.5 Å². The molecule has 1 N–H and O–H groups in total. The number of anilines is 1. The highest BCUT2D eigenvalue weighted by molar-refractivity contribution is 5.90. The summed E-state index contributed by atoms with van der Waals surface area (Å²) in [5, 5.41) is 14.7. The number of hydrogen-bond donors (Lipinski definition) is 1. The van der Waals surface area contributed by atoms with Crippen molar-refractivity contribution in [2.45, 2.75) is 20.0 Å². The fraction of sp³-hybridized carbons (Fsp3) is 0.109. The lowest BCUT2D eigenvalue weighted by molar-refractivity contribution is -0.383. The number of aromatic nitrogens is 4. The summed E-state index contributed by atoms with van der Waals surface area (Å²) in [5.74, 6) is 1.01. The average Bonchev–Trinajstić information content (AvgIpc) is 4.00. The third-order valence-corrected chi connectivity index (χ3v) is 9.74. The van der Waals surface area contributed by atoms with Crippen molar-refractivity contribution in [3.05, 3.63) is 172 Å². The maximum atomic E-state index is 11.8. The molecule has 14 nitrogen and oxygen atoms in total. The van der Waals surface area contributed by atoms with Crippen molar-refractivity contribution in [3.63, 3.8) is 0 Å². The first-order chi connectivity index (χ1) is 29.2. The Balaban J connectivity index is 0.000000166. The molecule has 0 radical (unpaired) electrons. The van der Waals surface area contributed by atoms with Crippen molar-refractivity contribution in [1.29, 1.82) is 0 Å². The van der Waals surface area contributed by atoms with E-state index in [0.717, 1.165) is 44.6 Å². The number of hydrogen-bond acceptors (Lipinski definition) is 12. The van der Waals surface area contributed by atoms with E-state index in [9.17, 15) is 19.7 Å². The first-order valence-electron chi connectivity index (χ1n) is 18.7. The van der Waals surface area contributed by atoms with Crippen LogP contribution in [0.4, 0.5) is 11.4 Å². The molecule has 9 rings (SSSR count). The topological polar surface area (TPSA) is 178 Å². The van der Waals surface area contributed by atoms with Crippen molar-refractivity contribution >= 4 is 56.5 Å². The van der Waals surface area contributed by atoms with Crippen LogP contribution >= 0.6 is 0 Å². The smallest absolute Gasteiger partial charge is 0.337 e. The predicted molar refractivity (Wildman–Crippen MR) is 226 cm³/mol. The maximum absolute atomic E-state index is 11.8. The summed E-state index contributed by atoms with van der Waals surface area (Å²) in [5.41, 5.74) is 9.17. The number of nitro groups is 1. The fourth-order valence-electron chi connectivity index (χ4n) is 6.76. The Labute approximate surface area is 342 Å². The van der Waals surface area contributed by atoms with Crippen LogP contribution in [0.3, 0.4) is 0 Å². The Morgan fingerprint density at radius 1 is 0.667 bits per heavy atom. The van der Waals surface area contributed by atoms with Crippen molar-refractivity contribution in [3.8, 4) is 22.9 Å². The molecule has 0 atom stereocenters. The largest absolute Gasteiger partial charge is 0.465 e. The lowest BCUT2D eigenvalue weighted by Gasteiger charge is -2.09. The predicted octanol–water partition coefficient (Wildman–Crippen LogP) is 9.79. The summed E-state index contributed by atoms with van der Waals surface area (Å²) < 4.78 is 23.3. The number of fused-ring (bicyclic) bond motifs is 3. The first kappa shape index (κ1) is 38.7. The number of oxazole rings is 2. The van der Waals surface area contributed by atoms with E-state index in [1.807, 2.05) is 91.9 Å². The number of nitrogens with one attached hydrogen (secondary N) is 1. The third kappa shape index (κ3) is 8.15. The van der Waals surface area contributed by atoms with Crippen molar-refractivity contribution in [1.82, 2.24) is 19.5 Å². The van der Waals surface area contributed by atoms with Gasteiger partial charge in [0.15, 0.2) is 11.2 Å². The first-order valence-corrected chi connectivity index (χ1v) is 18.7. The molecule has 0 fully saturated rings. The van der Waals surface area contributed by atoms with Gasteiger partial charge in [0.25, 0.3) is 5.69 Å². The van der Waals surface area contributed by atoms with Gasteiger partial charge in [-0.05, 0) is 96.9 Å². The van der Waals surface area contributed by atoms with Crippen LogP contribution < -0.4 is 5.32 Å². The van der Waals surface area contributed by atoms with Crippen LogP contribution in [0.25, 0.3) is 56.1 Å². The Kier molecular flexibility index (Phi) is 10.8. The molecule has 9 aromatic rings. The van der Waals surface area contributed by atoms with Gasteiger partial charge in [0.1, 0.15) is 22.5 Å². The zero-order chi connectivity index (χ0) is 41.8. The third-order valence-electron chi connectivity index (χ3n) is 9.74. The number of imidazole rings is 1. The second kappa shape index (κ2) is 16.8. The number of methoxy groups -OCH3 is 2. The average molecular weight is 801 g/mol. The van der Waals surface area contributed by atoms with Crippen molar-refractivity contribution in [2.24, 2.45) is 0 Å². The molecule has 0 aliphatic carbocycles. The van der Waals surface area contributed by atoms with Gasteiger partial charge >= 0.3 is 11.9 Å². The molecule has 0 aliphatic rings. The molecular weight excluding hydrogens is 765 g/mol. The number of para-hydroxylation sites is 4. The second-order valence-electron chi connectivity index (χ2n) is 13.6. The molecule has 3 aromatic heterocycles. The molecule has 0 amide bonds. The van der Waals surface area contributed by atoms with Crippen LogP contribution in [0, 0.1) is 17.0 Å². The lowest BCUT2D eigenvalue weighted by Crippen LogP contribution is -2.05. The Hall–Kier alpha value is -8.13. The monoisotopic (exact) mass is 800 g/mol. The number of ether oxygens (including phenoxy) is 2. The maximum Gasteiger partial charge on any atom is 0.337 e. The number of nitro benzene ring substituents is 1. The molecule has 0 unspecified atom stereocenters. The molecule has 0 bridgehead atoms. The minimum Gasteiger partial charge on any atom is -0.465 e. The van der Waals surface area contributed by atoms with E-state index in [1.54, 1.807) is 42.5 Å². The van der Waals surface area contributed by atoms with E-state index in [2.05, 4.69) is 19.9 Å². The quantitative estimate of drug-likeness (QED) is 0.0788. The zero-order valence-electron chi connectivity index (χ0n) is 32.6. The van der Waals surface area contributed by atoms with E-state index in [0.29, 0.717) is 58.3 Å². The van der Waals surface area contributed by atoms with Crippen LogP contribution in [0.1, 0.15) is 37.7 Å². The Morgan fingerprint density at radius 2 is 1.23 bits per heavy atom. The Bertz CT molecular complexity index is 2990. The Morgan fingerprint density at radius 3 is 1.83 bits per heavy atom. The van der Waals surface area contributed by atoms with Crippen LogP contribution in [0.15, 0.2) is 142 Å². The highest BCUT2D eigenvalue weighted by Crippen LogP contribution is 2.33. The van der Waals surface area contributed by atoms with Crippen LogP contribution in [0.2, 0.25) is 0 Å². The lowest BCUT2D eigenvalue weighted by atomic mass is 10.1. The van der Waals surface area contributed by atoms with Gasteiger partial charge in [0.05, 0.1) is 41.3 Å². The molecule has 3 heterocycles. The summed E-state index contributed by atoms with van der Waals surface area (Å²) in [6, 6.07) is 40.1. The SMILES string of the molecule is COC(=O)c1cccc(CNc2ccc(-c3nc4ccccc4o3)cc2[N+](=O)[O-])c1.COC(=O)c1cccc(Cn2c(C)nc3cc(-c4nc5ccccc5o4)ccc32)c1. The number of benzene rings is 6. The van der Waals surface area contributed by atoms with E-state index in [4.69, 9.17) is 23.3 Å². The van der Waals surface area contributed by atoms with Gasteiger partial charge in [-0.15, -0.1) is 0 Å². The molecule has 0 spiro atoms. The molecule has 0 saturated carbocycles. The molecule has 0 aliphatic heterocycles. The fourth-order valence-corrected chi connectivity index (χ4v) is 6.76. The summed E-state index contributed by atoms with van der Waals surface area (Å²) in [6.07, 6.45) is 0. The number of rotatable bonds is 10. The van der Waals surface area contributed by atoms with Crippen LogP contribution in [-0.4, -0.2) is 50.6 Å². The van der Waals surface area contributed by atoms with Gasteiger partial charge in [-0.25, -0.2) is 24.5 Å². The van der Waals surface area contributed by atoms with Crippen LogP contribution in [0.5, 0.6) is 0 Å². The molecular formula is C46H36N6O8. The van der Waals surface area contributed by atoms with Gasteiger partial charge in [-0.1, -0.05) is 48.5 Å². The minimum absolute atomic E-state index is 0.0983. The molecule has 298 valence electrons. The number of nitrogens with zero attached hydrogens (tertiary/aromatic N) is 5. The van der Waals surface area contributed by atoms with E-state index in [1.165, 1.54) is 20.3 Å². The van der Waals surface area contributed by atoms with Gasteiger partial charge in [-0.2, -0.15) is 0 Å². The van der Waals surface area contributed by atoms with Gasteiger partial charge in [-0.3, -0.25) is 10.1 Å². The highest BCUT2D eigenvalue weighted by atomic mass is 16.6. The summed E-state index contributed by atoms with van der Waals surface area (Å²) in [6.45, 7) is 2.88. The summed E-state index contributed by atoms with van der Waals surface area (Å²) >= 11 is 0. The second-order valence-corrected chi connectivity index (χ2v) is 13.6. The van der Waals surface area contributed by atoms with Gasteiger partial charge in [0.2, 0.25) is 11.8 Å².